The average molecular weight is 367 g/mol. The van der Waals surface area contributed by atoms with E-state index in [4.69, 9.17) is 12.3 Å². The molecule has 0 saturated heterocycles. The summed E-state index contributed by atoms with van der Waals surface area (Å²) in [5.74, 6) is 0. The van der Waals surface area contributed by atoms with Crippen LogP contribution >= 0.6 is 0 Å². The smallest absolute Gasteiger partial charge is 0.420 e. The van der Waals surface area contributed by atoms with Gasteiger partial charge in [0.15, 0.2) is 27.1 Å². The maximum atomic E-state index is 6.55. The standard InChI is InChI=1S/C14H38O3Si4/c1-9-11-12-13-14(10-2)21(15-18(3)4,16-19(5)6)17-20(7)8/h14,18-20H,9-13H2,1-8H3. The van der Waals surface area contributed by atoms with E-state index in [1.807, 2.05) is 0 Å². The van der Waals surface area contributed by atoms with E-state index in [0.717, 1.165) is 6.42 Å². The molecule has 0 rings (SSSR count). The minimum Gasteiger partial charge on any atom is -0.420 e. The van der Waals surface area contributed by atoms with E-state index < -0.39 is 35.9 Å². The van der Waals surface area contributed by atoms with Crippen LogP contribution in [0.25, 0.3) is 0 Å². The molecule has 0 aliphatic carbocycles. The average Bonchev–Trinajstić information content (AvgIpc) is 2.31. The molecule has 0 fully saturated rings. The summed E-state index contributed by atoms with van der Waals surface area (Å²) in [5.41, 5.74) is 0.503. The van der Waals surface area contributed by atoms with E-state index in [0.29, 0.717) is 5.54 Å². The van der Waals surface area contributed by atoms with Crippen molar-refractivity contribution in [3.63, 3.8) is 0 Å². The zero-order valence-electron chi connectivity index (χ0n) is 15.6. The van der Waals surface area contributed by atoms with E-state index in [9.17, 15) is 0 Å². The van der Waals surface area contributed by atoms with Crippen molar-refractivity contribution in [3.05, 3.63) is 0 Å². The van der Waals surface area contributed by atoms with Gasteiger partial charge in [-0.15, -0.1) is 0 Å². The first kappa shape index (κ1) is 21.7. The lowest BCUT2D eigenvalue weighted by Crippen LogP contribution is -2.56. The maximum absolute atomic E-state index is 6.55. The molecule has 0 amide bonds. The molecule has 0 spiro atoms. The normalized spacial score (nSPS) is 14.4. The fourth-order valence-corrected chi connectivity index (χ4v) is 16.0. The molecule has 0 radical (unpaired) electrons. The van der Waals surface area contributed by atoms with Gasteiger partial charge in [0, 0.05) is 5.54 Å². The minimum atomic E-state index is -2.48. The quantitative estimate of drug-likeness (QED) is 0.381. The van der Waals surface area contributed by atoms with Gasteiger partial charge >= 0.3 is 8.80 Å². The maximum Gasteiger partial charge on any atom is 0.472 e. The predicted octanol–water partition coefficient (Wildman–Crippen LogP) is 4.29. The molecule has 1 atom stereocenters. The fraction of sp³-hybridized carbons (Fsp3) is 1.00. The predicted molar refractivity (Wildman–Crippen MR) is 104 cm³/mol. The van der Waals surface area contributed by atoms with Crippen molar-refractivity contribution in [1.29, 1.82) is 0 Å². The molecular formula is C14H38O3Si4. The van der Waals surface area contributed by atoms with Gasteiger partial charge in [-0.05, 0) is 52.1 Å². The molecule has 3 nitrogen and oxygen atoms in total. The van der Waals surface area contributed by atoms with Gasteiger partial charge in [-0.2, -0.15) is 0 Å². The van der Waals surface area contributed by atoms with Crippen molar-refractivity contribution >= 4 is 35.9 Å². The third-order valence-corrected chi connectivity index (χ3v) is 14.6. The fourth-order valence-electron chi connectivity index (χ4n) is 2.63. The van der Waals surface area contributed by atoms with Gasteiger partial charge < -0.3 is 12.3 Å². The van der Waals surface area contributed by atoms with E-state index in [-0.39, 0.29) is 0 Å². The summed E-state index contributed by atoms with van der Waals surface area (Å²) >= 11 is 0. The Kier molecular flexibility index (Phi) is 11.7. The van der Waals surface area contributed by atoms with Gasteiger partial charge in [-0.25, -0.2) is 0 Å². The second-order valence-corrected chi connectivity index (χ2v) is 17.8. The van der Waals surface area contributed by atoms with Gasteiger partial charge in [0.25, 0.3) is 0 Å². The summed E-state index contributed by atoms with van der Waals surface area (Å²) in [6, 6.07) is 0. The van der Waals surface area contributed by atoms with Gasteiger partial charge in [-0.1, -0.05) is 33.1 Å². The van der Waals surface area contributed by atoms with Gasteiger partial charge in [0.2, 0.25) is 0 Å². The van der Waals surface area contributed by atoms with Crippen LogP contribution in [0, 0.1) is 0 Å². The highest BCUT2D eigenvalue weighted by Crippen LogP contribution is 2.35. The summed E-state index contributed by atoms with van der Waals surface area (Å²) in [4.78, 5) is 0. The van der Waals surface area contributed by atoms with E-state index in [1.165, 1.54) is 25.7 Å². The van der Waals surface area contributed by atoms with Crippen molar-refractivity contribution in [1.82, 2.24) is 0 Å². The lowest BCUT2D eigenvalue weighted by molar-refractivity contribution is 0.242. The highest BCUT2D eigenvalue weighted by Gasteiger charge is 2.49. The number of hydrogen-bond donors (Lipinski definition) is 0. The molecule has 0 aliphatic rings. The summed E-state index contributed by atoms with van der Waals surface area (Å²) in [5, 5.41) is 0. The van der Waals surface area contributed by atoms with Crippen LogP contribution in [0.5, 0.6) is 0 Å². The summed E-state index contributed by atoms with van der Waals surface area (Å²) < 4.78 is 19.6. The zero-order chi connectivity index (χ0) is 16.5. The monoisotopic (exact) mass is 366 g/mol. The molecule has 7 heteroatoms. The molecular weight excluding hydrogens is 328 g/mol. The van der Waals surface area contributed by atoms with Crippen LogP contribution in [0.15, 0.2) is 0 Å². The van der Waals surface area contributed by atoms with Gasteiger partial charge in [-0.3, -0.25) is 0 Å². The Bertz CT molecular complexity index is 236. The Morgan fingerprint density at radius 2 is 1.19 bits per heavy atom. The van der Waals surface area contributed by atoms with Crippen molar-refractivity contribution in [2.75, 3.05) is 0 Å². The number of rotatable bonds is 12. The summed E-state index contributed by atoms with van der Waals surface area (Å²) in [6.07, 6.45) is 6.18. The highest BCUT2D eigenvalue weighted by molar-refractivity contribution is 6.80. The minimum absolute atomic E-state index is 0.503. The molecule has 0 aromatic rings. The third kappa shape index (κ3) is 8.82. The van der Waals surface area contributed by atoms with Crippen LogP contribution in [0.3, 0.4) is 0 Å². The molecule has 0 aliphatic heterocycles. The molecule has 0 heterocycles. The largest absolute Gasteiger partial charge is 0.472 e. The van der Waals surface area contributed by atoms with E-state index >= 15 is 0 Å². The Labute approximate surface area is 139 Å². The molecule has 128 valence electrons. The lowest BCUT2D eigenvalue weighted by atomic mass is 10.1. The number of hydrogen-bond acceptors (Lipinski definition) is 3. The van der Waals surface area contributed by atoms with Crippen molar-refractivity contribution in [3.8, 4) is 0 Å². The molecule has 0 aromatic carbocycles. The molecule has 0 N–H and O–H groups in total. The SMILES string of the molecule is CCCCCC(CC)[Si](O[SiH](C)C)(O[SiH](C)C)O[SiH](C)C. The van der Waals surface area contributed by atoms with Crippen LogP contribution < -0.4 is 0 Å². The summed E-state index contributed by atoms with van der Waals surface area (Å²) in [7, 11) is -5.98. The number of unbranched alkanes of at least 4 members (excludes halogenated alkanes) is 2. The topological polar surface area (TPSA) is 27.7 Å². The first-order valence-corrected chi connectivity index (χ1v) is 18.9. The van der Waals surface area contributed by atoms with Crippen LogP contribution in [0.2, 0.25) is 44.8 Å². The highest BCUT2D eigenvalue weighted by atomic mass is 28.5. The van der Waals surface area contributed by atoms with Crippen molar-refractivity contribution < 1.29 is 12.3 Å². The molecule has 21 heavy (non-hydrogen) atoms. The van der Waals surface area contributed by atoms with Crippen LogP contribution in [0.4, 0.5) is 0 Å². The molecule has 0 saturated carbocycles. The van der Waals surface area contributed by atoms with Crippen LogP contribution in [-0.4, -0.2) is 35.9 Å². The van der Waals surface area contributed by atoms with E-state index in [1.54, 1.807) is 0 Å². The Morgan fingerprint density at radius 1 is 0.762 bits per heavy atom. The molecule has 0 bridgehead atoms. The van der Waals surface area contributed by atoms with Crippen molar-refractivity contribution in [2.45, 2.75) is 90.8 Å². The molecule has 1 unspecified atom stereocenters. The first-order valence-electron chi connectivity index (χ1n) is 8.80. The molecule has 0 aromatic heterocycles. The zero-order valence-corrected chi connectivity index (χ0v) is 20.0. The van der Waals surface area contributed by atoms with Crippen LogP contribution in [-0.2, 0) is 12.3 Å². The van der Waals surface area contributed by atoms with Gasteiger partial charge in [0.1, 0.15) is 0 Å². The van der Waals surface area contributed by atoms with E-state index in [2.05, 4.69) is 53.1 Å². The first-order chi connectivity index (χ1) is 9.77. The van der Waals surface area contributed by atoms with Crippen molar-refractivity contribution in [2.24, 2.45) is 0 Å². The Hall–Kier alpha value is 0.748. The van der Waals surface area contributed by atoms with Crippen LogP contribution in [0.1, 0.15) is 46.0 Å². The third-order valence-electron chi connectivity index (χ3n) is 3.35. The Balaban J connectivity index is 5.23. The lowest BCUT2D eigenvalue weighted by Gasteiger charge is -2.40. The second-order valence-electron chi connectivity index (χ2n) is 6.70. The Morgan fingerprint density at radius 3 is 1.48 bits per heavy atom. The van der Waals surface area contributed by atoms with Gasteiger partial charge in [0.05, 0.1) is 0 Å². The summed E-state index contributed by atoms with van der Waals surface area (Å²) in [6.45, 7) is 18.0. The second kappa shape index (κ2) is 11.3.